The van der Waals surface area contributed by atoms with Gasteiger partial charge in [0.05, 0.1) is 10.6 Å². The van der Waals surface area contributed by atoms with E-state index in [4.69, 9.17) is 5.11 Å². The number of sulfone groups is 1. The Balaban J connectivity index is 2.20. The Morgan fingerprint density at radius 1 is 1.28 bits per heavy atom. The zero-order valence-corrected chi connectivity index (χ0v) is 15.9. The maximum absolute atomic E-state index is 12.8. The summed E-state index contributed by atoms with van der Waals surface area (Å²) in [5.74, 6) is -0.272. The molecule has 25 heavy (non-hydrogen) atoms. The normalized spacial score (nSPS) is 24.4. The molecule has 1 aromatic carbocycles. The largest absolute Gasteiger partial charge is 0.465 e. The number of nitrogens with one attached hydrogen (secondary N) is 1. The first-order chi connectivity index (χ1) is 11.7. The number of hydrogen-bond acceptors (Lipinski definition) is 4. The monoisotopic (exact) mass is 368 g/mol. The quantitative estimate of drug-likeness (QED) is 0.806. The zero-order valence-electron chi connectivity index (χ0n) is 15.1. The Morgan fingerprint density at radius 2 is 1.92 bits per heavy atom. The van der Waals surface area contributed by atoms with Crippen molar-refractivity contribution in [2.24, 2.45) is 5.92 Å². The molecular weight excluding hydrogens is 340 g/mol. The van der Waals surface area contributed by atoms with Crippen LogP contribution >= 0.6 is 0 Å². The number of nitrogens with zero attached hydrogens (tertiary/aromatic N) is 1. The van der Waals surface area contributed by atoms with Gasteiger partial charge in [-0.05, 0) is 58.2 Å². The molecule has 0 heterocycles. The van der Waals surface area contributed by atoms with E-state index in [9.17, 15) is 13.2 Å². The molecule has 7 heteroatoms. The molecule has 1 fully saturated rings. The second kappa shape index (κ2) is 8.19. The van der Waals surface area contributed by atoms with E-state index in [0.29, 0.717) is 23.8 Å². The van der Waals surface area contributed by atoms with Crippen LogP contribution in [0.2, 0.25) is 0 Å². The Hall–Kier alpha value is -1.60. The third kappa shape index (κ3) is 5.19. The lowest BCUT2D eigenvalue weighted by Gasteiger charge is -2.41. The van der Waals surface area contributed by atoms with Crippen molar-refractivity contribution in [3.05, 3.63) is 30.3 Å². The van der Waals surface area contributed by atoms with Gasteiger partial charge < -0.3 is 15.3 Å². The molecule has 1 aromatic rings. The minimum atomic E-state index is -3.45. The molecule has 1 amide bonds. The van der Waals surface area contributed by atoms with E-state index >= 15 is 0 Å². The molecule has 0 spiro atoms. The lowest BCUT2D eigenvalue weighted by molar-refractivity contribution is 0.112. The van der Waals surface area contributed by atoms with Crippen LogP contribution in [0.3, 0.4) is 0 Å². The number of rotatable bonds is 6. The minimum Gasteiger partial charge on any atom is -0.465 e. The first-order valence-electron chi connectivity index (χ1n) is 8.70. The average Bonchev–Trinajstić information content (AvgIpc) is 2.56. The summed E-state index contributed by atoms with van der Waals surface area (Å²) in [5, 5.41) is 11.6. The van der Waals surface area contributed by atoms with Gasteiger partial charge in [0.25, 0.3) is 0 Å². The fourth-order valence-corrected chi connectivity index (χ4v) is 5.27. The summed E-state index contributed by atoms with van der Waals surface area (Å²) in [6.45, 7) is 4.22. The summed E-state index contributed by atoms with van der Waals surface area (Å²) >= 11 is 0. The van der Waals surface area contributed by atoms with Crippen LogP contribution in [-0.4, -0.2) is 55.4 Å². The van der Waals surface area contributed by atoms with Crippen molar-refractivity contribution < 1.29 is 18.3 Å². The van der Waals surface area contributed by atoms with Crippen LogP contribution in [0.15, 0.2) is 35.2 Å². The van der Waals surface area contributed by atoms with Crippen LogP contribution in [0.5, 0.6) is 0 Å². The maximum atomic E-state index is 12.8. The summed E-state index contributed by atoms with van der Waals surface area (Å²) in [6, 6.07) is 8.68. The van der Waals surface area contributed by atoms with Crippen LogP contribution in [0.25, 0.3) is 0 Å². The number of carboxylic acid groups (broad SMARTS) is 1. The Morgan fingerprint density at radius 3 is 2.48 bits per heavy atom. The van der Waals surface area contributed by atoms with Crippen molar-refractivity contribution in [1.29, 1.82) is 0 Å². The highest BCUT2D eigenvalue weighted by molar-refractivity contribution is 7.91. The number of amides is 1. The molecule has 2 N–H and O–H groups in total. The summed E-state index contributed by atoms with van der Waals surface area (Å²) < 4.78 is 25.5. The second-order valence-electron chi connectivity index (χ2n) is 7.14. The average molecular weight is 368 g/mol. The first kappa shape index (κ1) is 19.7. The molecule has 3 atom stereocenters. The van der Waals surface area contributed by atoms with Crippen LogP contribution in [0.4, 0.5) is 4.79 Å². The third-order valence-electron chi connectivity index (χ3n) is 5.19. The van der Waals surface area contributed by atoms with Gasteiger partial charge in [0, 0.05) is 18.1 Å². The molecule has 0 aromatic heterocycles. The Labute approximate surface area is 150 Å². The van der Waals surface area contributed by atoms with Crippen LogP contribution in [-0.2, 0) is 9.84 Å². The summed E-state index contributed by atoms with van der Waals surface area (Å²) in [5.41, 5.74) is 0. The van der Waals surface area contributed by atoms with Gasteiger partial charge in [-0.15, -0.1) is 0 Å². The van der Waals surface area contributed by atoms with Gasteiger partial charge in [0.15, 0.2) is 9.84 Å². The highest BCUT2D eigenvalue weighted by Crippen LogP contribution is 2.31. The van der Waals surface area contributed by atoms with E-state index in [0.717, 1.165) is 6.42 Å². The SMILES string of the molecule is CC(C)N(C)C1CCC(NC(=O)O)C(CS(=O)(=O)c2ccccc2)C1. The zero-order chi connectivity index (χ0) is 18.6. The van der Waals surface area contributed by atoms with Gasteiger partial charge in [-0.1, -0.05) is 18.2 Å². The van der Waals surface area contributed by atoms with E-state index in [1.165, 1.54) is 0 Å². The number of carbonyl (C=O) groups is 1. The summed E-state index contributed by atoms with van der Waals surface area (Å²) in [4.78, 5) is 13.6. The molecule has 0 saturated heterocycles. The standard InChI is InChI=1S/C18H28N2O4S/c1-13(2)20(3)15-9-10-17(19-18(21)22)14(11-15)12-25(23,24)16-7-5-4-6-8-16/h4-8,13-15,17,19H,9-12H2,1-3H3,(H,21,22). The lowest BCUT2D eigenvalue weighted by Crippen LogP contribution is -2.50. The number of benzene rings is 1. The van der Waals surface area contributed by atoms with E-state index in [1.807, 2.05) is 7.05 Å². The third-order valence-corrected chi connectivity index (χ3v) is 7.05. The van der Waals surface area contributed by atoms with Gasteiger partial charge in [0.2, 0.25) is 0 Å². The summed E-state index contributed by atoms with van der Waals surface area (Å²) in [7, 11) is -1.40. The van der Waals surface area contributed by atoms with Gasteiger partial charge in [0.1, 0.15) is 0 Å². The first-order valence-corrected chi connectivity index (χ1v) is 10.3. The molecule has 2 rings (SSSR count). The lowest BCUT2D eigenvalue weighted by atomic mass is 9.81. The number of hydrogen-bond donors (Lipinski definition) is 2. The predicted octanol–water partition coefficient (Wildman–Crippen LogP) is 2.61. The molecule has 0 radical (unpaired) electrons. The molecule has 140 valence electrons. The summed E-state index contributed by atoms with van der Waals surface area (Å²) in [6.07, 6.45) is 1.10. The minimum absolute atomic E-state index is 0.0373. The van der Waals surface area contributed by atoms with E-state index in [1.54, 1.807) is 30.3 Å². The smallest absolute Gasteiger partial charge is 0.404 e. The molecule has 3 unspecified atom stereocenters. The molecule has 0 aliphatic heterocycles. The molecule has 1 saturated carbocycles. The van der Waals surface area contributed by atoms with Crippen LogP contribution in [0.1, 0.15) is 33.1 Å². The van der Waals surface area contributed by atoms with Crippen LogP contribution in [0, 0.1) is 5.92 Å². The highest BCUT2D eigenvalue weighted by Gasteiger charge is 2.36. The van der Waals surface area contributed by atoms with Crippen molar-refractivity contribution in [3.8, 4) is 0 Å². The van der Waals surface area contributed by atoms with Crippen molar-refractivity contribution in [1.82, 2.24) is 10.2 Å². The van der Waals surface area contributed by atoms with Crippen molar-refractivity contribution in [3.63, 3.8) is 0 Å². The predicted molar refractivity (Wildman–Crippen MR) is 97.5 cm³/mol. The van der Waals surface area contributed by atoms with Gasteiger partial charge >= 0.3 is 6.09 Å². The molecule has 1 aliphatic carbocycles. The van der Waals surface area contributed by atoms with Crippen molar-refractivity contribution in [2.75, 3.05) is 12.8 Å². The fourth-order valence-electron chi connectivity index (χ4n) is 3.57. The van der Waals surface area contributed by atoms with E-state index in [2.05, 4.69) is 24.1 Å². The van der Waals surface area contributed by atoms with E-state index in [-0.39, 0.29) is 23.8 Å². The highest BCUT2D eigenvalue weighted by atomic mass is 32.2. The van der Waals surface area contributed by atoms with Crippen LogP contribution < -0.4 is 5.32 Å². The fraction of sp³-hybridized carbons (Fsp3) is 0.611. The van der Waals surface area contributed by atoms with E-state index < -0.39 is 15.9 Å². The molecule has 0 bridgehead atoms. The van der Waals surface area contributed by atoms with Crippen molar-refractivity contribution in [2.45, 2.75) is 56.1 Å². The Kier molecular flexibility index (Phi) is 6.46. The topological polar surface area (TPSA) is 86.7 Å². The molecular formula is C18H28N2O4S. The van der Waals surface area contributed by atoms with Gasteiger partial charge in [-0.2, -0.15) is 0 Å². The van der Waals surface area contributed by atoms with Crippen molar-refractivity contribution >= 4 is 15.9 Å². The molecule has 6 nitrogen and oxygen atoms in total. The maximum Gasteiger partial charge on any atom is 0.404 e. The Bertz CT molecular complexity index is 676. The van der Waals surface area contributed by atoms with Gasteiger partial charge in [-0.3, -0.25) is 0 Å². The van der Waals surface area contributed by atoms with Gasteiger partial charge in [-0.25, -0.2) is 13.2 Å². The second-order valence-corrected chi connectivity index (χ2v) is 9.17. The molecule has 1 aliphatic rings.